The molecule has 0 radical (unpaired) electrons. The van der Waals surface area contributed by atoms with Gasteiger partial charge in [0.25, 0.3) is 0 Å². The van der Waals surface area contributed by atoms with Crippen molar-refractivity contribution in [3.63, 3.8) is 0 Å². The average Bonchev–Trinajstić information content (AvgIpc) is 3.73. The van der Waals surface area contributed by atoms with Crippen LogP contribution in [0.15, 0.2) is 85.1 Å². The van der Waals surface area contributed by atoms with Gasteiger partial charge in [-0.15, -0.1) is 0 Å². The number of unbranched alkanes of at least 4 members (excludes halogenated alkanes) is 43. The summed E-state index contributed by atoms with van der Waals surface area (Å²) in [4.78, 5) is 38.0. The van der Waals surface area contributed by atoms with Crippen molar-refractivity contribution in [2.24, 2.45) is 0 Å². The van der Waals surface area contributed by atoms with E-state index >= 15 is 0 Å². The lowest BCUT2D eigenvalue weighted by Crippen LogP contribution is -2.47. The molecule has 0 bridgehead atoms. The first-order chi connectivity index (χ1) is 44.4. The van der Waals surface area contributed by atoms with Crippen LogP contribution in [-0.4, -0.2) is 74.3 Å². The molecule has 0 aliphatic carbocycles. The van der Waals surface area contributed by atoms with Crippen LogP contribution in [0.3, 0.4) is 0 Å². The number of hydrogen-bond donors (Lipinski definition) is 2. The van der Waals surface area contributed by atoms with E-state index in [1.54, 1.807) is 0 Å². The molecule has 91 heavy (non-hydrogen) atoms. The fraction of sp³-hybridized carbons (Fsp3) is 0.802. The van der Waals surface area contributed by atoms with Crippen LogP contribution in [0.25, 0.3) is 0 Å². The van der Waals surface area contributed by atoms with E-state index in [-0.39, 0.29) is 31.5 Å². The van der Waals surface area contributed by atoms with Gasteiger partial charge in [0.15, 0.2) is 0 Å². The number of rotatable bonds is 71. The molecular weight excluding hydrogens is 1140 g/mol. The molecule has 0 fully saturated rings. The number of hydrogen-bond acceptors (Lipinski definition) is 6. The fourth-order valence-electron chi connectivity index (χ4n) is 11.4. The lowest BCUT2D eigenvalue weighted by Gasteiger charge is -2.27. The molecule has 530 valence electrons. The molecule has 0 spiro atoms. The van der Waals surface area contributed by atoms with Gasteiger partial charge in [0.2, 0.25) is 5.91 Å². The van der Waals surface area contributed by atoms with Gasteiger partial charge in [0.1, 0.15) is 19.3 Å². The Balaban J connectivity index is 4.99. The number of esters is 1. The Morgan fingerprint density at radius 3 is 1.07 bits per heavy atom. The number of quaternary nitrogens is 1. The number of phosphoric acid groups is 1. The second-order valence-electron chi connectivity index (χ2n) is 27.5. The van der Waals surface area contributed by atoms with Crippen LogP contribution in [-0.2, 0) is 27.9 Å². The molecule has 0 aromatic carbocycles. The van der Waals surface area contributed by atoms with Crippen molar-refractivity contribution in [1.82, 2.24) is 5.32 Å². The summed E-state index contributed by atoms with van der Waals surface area (Å²) in [5, 5.41) is 3.08. The predicted octanol–water partition coefficient (Wildman–Crippen LogP) is 25.2. The monoisotopic (exact) mass is 1290 g/mol. The summed E-state index contributed by atoms with van der Waals surface area (Å²) >= 11 is 0. The molecule has 3 unspecified atom stereocenters. The highest BCUT2D eigenvalue weighted by Gasteiger charge is 2.30. The molecule has 0 saturated heterocycles. The van der Waals surface area contributed by atoms with E-state index in [4.69, 9.17) is 13.8 Å². The quantitative estimate of drug-likeness (QED) is 0.0205. The number of nitrogens with one attached hydrogen (secondary N) is 1. The minimum Gasteiger partial charge on any atom is -0.456 e. The van der Waals surface area contributed by atoms with Crippen molar-refractivity contribution in [2.45, 2.75) is 380 Å². The highest BCUT2D eigenvalue weighted by Crippen LogP contribution is 2.43. The number of ether oxygens (including phenoxy) is 1. The Bertz CT molecular complexity index is 1830. The van der Waals surface area contributed by atoms with Gasteiger partial charge in [-0.25, -0.2) is 4.57 Å². The summed E-state index contributed by atoms with van der Waals surface area (Å²) in [6, 6.07) is -0.853. The van der Waals surface area contributed by atoms with Crippen LogP contribution in [0.5, 0.6) is 0 Å². The zero-order valence-corrected chi connectivity index (χ0v) is 61.7. The van der Waals surface area contributed by atoms with Crippen molar-refractivity contribution >= 4 is 19.7 Å². The number of carbonyl (C=O) groups excluding carboxylic acids is 2. The Labute approximate surface area is 565 Å². The van der Waals surface area contributed by atoms with Crippen LogP contribution in [0, 0.1) is 0 Å². The third kappa shape index (κ3) is 71.3. The molecule has 1 amide bonds. The van der Waals surface area contributed by atoms with Crippen LogP contribution in [0.2, 0.25) is 0 Å². The van der Waals surface area contributed by atoms with Crippen LogP contribution < -0.4 is 5.32 Å². The SMILES string of the molecule is CC/C=C\C/C=C\C/C=C\C/C=C\C/C=C\CCCCCCCCCCCCCC(=O)OC(/C=C/CCCCCCCCCCCCC)C(COP(=O)(O)OCC[N+](C)(C)C)NC(=O)CCCCCCCCCCCCCCCCC/C=C/CCCCCCCC. The van der Waals surface area contributed by atoms with E-state index in [1.165, 1.54) is 244 Å². The van der Waals surface area contributed by atoms with Crippen molar-refractivity contribution in [1.29, 1.82) is 0 Å². The first kappa shape index (κ1) is 88.2. The number of phosphoric ester groups is 1. The topological polar surface area (TPSA) is 111 Å². The molecule has 0 aromatic rings. The van der Waals surface area contributed by atoms with Gasteiger partial charge in [-0.2, -0.15) is 0 Å². The fourth-order valence-corrected chi connectivity index (χ4v) is 12.1. The molecular formula is C81H150N2O7P+. The van der Waals surface area contributed by atoms with Crippen LogP contribution in [0.1, 0.15) is 367 Å². The maximum Gasteiger partial charge on any atom is 0.472 e. The molecule has 0 rings (SSSR count). The standard InChI is InChI=1S/C81H149N2O7P/c1-7-10-13-16-19-22-25-28-30-32-34-36-38-40-41-43-45-47-49-51-53-56-59-62-65-68-71-74-81(85)90-79(72-69-66-63-60-57-54-27-24-21-18-15-12-9-3)78(77-89-91(86,87)88-76-75-83(4,5)6)82-80(84)73-70-67-64-61-58-55-52-50-48-46-44-42-39-37-35-33-31-29-26-23-20-17-14-11-8-2/h10,13,19,22,28-31,34,36,40-41,69,72,78-79H,7-9,11-12,14-18,20-21,23-27,32-33,35,37-39,42-68,70-71,73-77H2,1-6H3,(H-,82,84,86,87)/p+1/b13-10-,22-19-,30-28-,31-29+,36-34-,41-40-,72-69+. The van der Waals surface area contributed by atoms with E-state index in [2.05, 4.69) is 105 Å². The molecule has 0 aliphatic rings. The van der Waals surface area contributed by atoms with E-state index in [1.807, 2.05) is 27.2 Å². The summed E-state index contributed by atoms with van der Waals surface area (Å²) in [7, 11) is 1.50. The first-order valence-corrected chi connectivity index (χ1v) is 40.4. The molecule has 0 aliphatic heterocycles. The zero-order chi connectivity index (χ0) is 66.3. The van der Waals surface area contributed by atoms with E-state index in [9.17, 15) is 19.0 Å². The van der Waals surface area contributed by atoms with Crippen LogP contribution in [0.4, 0.5) is 0 Å². The Morgan fingerprint density at radius 1 is 0.396 bits per heavy atom. The number of allylic oxidation sites excluding steroid dienone is 13. The lowest BCUT2D eigenvalue weighted by molar-refractivity contribution is -0.870. The van der Waals surface area contributed by atoms with E-state index in [0.717, 1.165) is 89.9 Å². The number of nitrogens with zero attached hydrogens (tertiary/aromatic N) is 1. The van der Waals surface area contributed by atoms with Crippen molar-refractivity contribution in [2.75, 3.05) is 40.9 Å². The van der Waals surface area contributed by atoms with Gasteiger partial charge in [0, 0.05) is 12.8 Å². The number of carbonyl (C=O) groups is 2. The van der Waals surface area contributed by atoms with Crippen molar-refractivity contribution < 1.29 is 37.3 Å². The summed E-state index contributed by atoms with van der Waals surface area (Å²) in [6.07, 6.45) is 94.6. The van der Waals surface area contributed by atoms with E-state index in [0.29, 0.717) is 17.4 Å². The third-order valence-electron chi connectivity index (χ3n) is 17.3. The summed E-state index contributed by atoms with van der Waals surface area (Å²) in [6.45, 7) is 6.94. The minimum absolute atomic E-state index is 0.0389. The number of amides is 1. The molecule has 9 nitrogen and oxygen atoms in total. The summed E-state index contributed by atoms with van der Waals surface area (Å²) in [5.41, 5.74) is 0. The van der Waals surface area contributed by atoms with Gasteiger partial charge in [0.05, 0.1) is 33.8 Å². The maximum atomic E-state index is 13.7. The molecule has 0 saturated carbocycles. The molecule has 0 aromatic heterocycles. The zero-order valence-electron chi connectivity index (χ0n) is 60.8. The Kier molecular flexibility index (Phi) is 67.8. The number of likely N-dealkylation sites (N-methyl/N-ethyl adjacent to an activating group) is 1. The molecule has 0 heterocycles. The molecule has 10 heteroatoms. The maximum absolute atomic E-state index is 13.7. The minimum atomic E-state index is -4.46. The Hall–Kier alpha value is -2.81. The molecule has 2 N–H and O–H groups in total. The average molecular weight is 1300 g/mol. The van der Waals surface area contributed by atoms with E-state index < -0.39 is 20.0 Å². The highest BCUT2D eigenvalue weighted by atomic mass is 31.2. The second kappa shape index (κ2) is 70.0. The summed E-state index contributed by atoms with van der Waals surface area (Å²) in [5.74, 6) is -0.495. The molecule has 3 atom stereocenters. The summed E-state index contributed by atoms with van der Waals surface area (Å²) < 4.78 is 30.9. The van der Waals surface area contributed by atoms with Gasteiger partial charge in [-0.05, 0) is 102 Å². The lowest BCUT2D eigenvalue weighted by atomic mass is 10.0. The van der Waals surface area contributed by atoms with Crippen molar-refractivity contribution in [3.8, 4) is 0 Å². The highest BCUT2D eigenvalue weighted by molar-refractivity contribution is 7.47. The van der Waals surface area contributed by atoms with Gasteiger partial charge >= 0.3 is 13.8 Å². The second-order valence-corrected chi connectivity index (χ2v) is 29.0. The normalized spacial score (nSPS) is 13.9. The predicted molar refractivity (Wildman–Crippen MR) is 397 cm³/mol. The van der Waals surface area contributed by atoms with Crippen LogP contribution >= 0.6 is 7.82 Å². The largest absolute Gasteiger partial charge is 0.472 e. The first-order valence-electron chi connectivity index (χ1n) is 38.9. The smallest absolute Gasteiger partial charge is 0.456 e. The third-order valence-corrected chi connectivity index (χ3v) is 18.3. The van der Waals surface area contributed by atoms with Gasteiger partial charge in [-0.3, -0.25) is 18.6 Å². The van der Waals surface area contributed by atoms with Gasteiger partial charge in [-0.1, -0.05) is 337 Å². The Morgan fingerprint density at radius 2 is 0.703 bits per heavy atom. The van der Waals surface area contributed by atoms with Crippen molar-refractivity contribution in [3.05, 3.63) is 85.1 Å². The van der Waals surface area contributed by atoms with Gasteiger partial charge < -0.3 is 19.4 Å².